The summed E-state index contributed by atoms with van der Waals surface area (Å²) in [6.45, 7) is 1.01. The minimum Gasteiger partial charge on any atom is -0.374 e. The van der Waals surface area contributed by atoms with Crippen LogP contribution < -0.4 is 5.73 Å². The number of hydrogen-bond donors (Lipinski definition) is 1. The molecule has 0 aromatic carbocycles. The zero-order chi connectivity index (χ0) is 11.5. The van der Waals surface area contributed by atoms with Crippen LogP contribution in [-0.4, -0.2) is 40.7 Å². The van der Waals surface area contributed by atoms with Crippen molar-refractivity contribution in [3.63, 3.8) is 0 Å². The van der Waals surface area contributed by atoms with Crippen molar-refractivity contribution >= 4 is 27.8 Å². The van der Waals surface area contributed by atoms with Crippen molar-refractivity contribution in [3.8, 4) is 9.88 Å². The standard InChI is InChI=1S/C9H13N5S2/c1-14(2)4-3-7-11-5-6(15-7)8-12-13-9(10)16-8/h5H,3-4H2,1-2H3,(H2,10,13). The predicted octanol–water partition coefficient (Wildman–Crippen LogP) is 1.35. The number of likely N-dealkylation sites (N-methyl/N-ethyl adjacent to an activating group) is 1. The average molecular weight is 255 g/mol. The molecule has 2 rings (SSSR count). The molecular formula is C9H13N5S2. The van der Waals surface area contributed by atoms with Crippen LogP contribution in [0, 0.1) is 0 Å². The Labute approximate surface area is 102 Å². The quantitative estimate of drug-likeness (QED) is 0.893. The first-order chi connectivity index (χ1) is 7.65. The van der Waals surface area contributed by atoms with Gasteiger partial charge in [-0.3, -0.25) is 0 Å². The van der Waals surface area contributed by atoms with Crippen LogP contribution in [0.15, 0.2) is 6.20 Å². The third-order valence-electron chi connectivity index (χ3n) is 1.98. The maximum absolute atomic E-state index is 5.54. The second-order valence-electron chi connectivity index (χ2n) is 3.62. The fourth-order valence-corrected chi connectivity index (χ4v) is 2.73. The molecule has 0 saturated carbocycles. The number of nitrogen functional groups attached to an aromatic ring is 1. The highest BCUT2D eigenvalue weighted by Gasteiger charge is 2.09. The third kappa shape index (κ3) is 2.75. The van der Waals surface area contributed by atoms with Gasteiger partial charge in [-0.25, -0.2) is 4.98 Å². The summed E-state index contributed by atoms with van der Waals surface area (Å²) in [5, 5.41) is 10.3. The summed E-state index contributed by atoms with van der Waals surface area (Å²) in [5.41, 5.74) is 5.54. The molecule has 0 amide bonds. The van der Waals surface area contributed by atoms with Crippen LogP contribution in [0.2, 0.25) is 0 Å². The van der Waals surface area contributed by atoms with Crippen LogP contribution >= 0.6 is 22.7 Å². The Bertz CT molecular complexity index is 462. The molecule has 0 atom stereocenters. The lowest BCUT2D eigenvalue weighted by molar-refractivity contribution is 0.413. The molecule has 2 heterocycles. The van der Waals surface area contributed by atoms with Crippen molar-refractivity contribution in [3.05, 3.63) is 11.2 Å². The van der Waals surface area contributed by atoms with Crippen molar-refractivity contribution in [2.45, 2.75) is 6.42 Å². The lowest BCUT2D eigenvalue weighted by atomic mass is 10.4. The molecule has 2 aromatic rings. The monoisotopic (exact) mass is 255 g/mol. The minimum absolute atomic E-state index is 0.498. The SMILES string of the molecule is CN(C)CCc1ncc(-c2nnc(N)s2)s1. The summed E-state index contributed by atoms with van der Waals surface area (Å²) in [4.78, 5) is 7.55. The first kappa shape index (κ1) is 11.4. The van der Waals surface area contributed by atoms with Crippen molar-refractivity contribution in [2.24, 2.45) is 0 Å². The van der Waals surface area contributed by atoms with Crippen molar-refractivity contribution in [1.82, 2.24) is 20.1 Å². The van der Waals surface area contributed by atoms with E-state index in [1.807, 2.05) is 6.20 Å². The Kier molecular flexibility index (Phi) is 3.47. The van der Waals surface area contributed by atoms with Crippen LogP contribution in [-0.2, 0) is 6.42 Å². The van der Waals surface area contributed by atoms with E-state index in [9.17, 15) is 0 Å². The molecule has 7 heteroatoms. The van der Waals surface area contributed by atoms with Gasteiger partial charge in [0.05, 0.1) is 9.88 Å². The van der Waals surface area contributed by atoms with Crippen LogP contribution in [0.1, 0.15) is 5.01 Å². The number of hydrogen-bond acceptors (Lipinski definition) is 7. The topological polar surface area (TPSA) is 67.9 Å². The minimum atomic E-state index is 0.498. The van der Waals surface area contributed by atoms with E-state index in [4.69, 9.17) is 5.73 Å². The lowest BCUT2D eigenvalue weighted by Crippen LogP contribution is -2.14. The molecule has 0 spiro atoms. The molecule has 0 bridgehead atoms. The maximum atomic E-state index is 5.54. The normalized spacial score (nSPS) is 11.2. The molecule has 0 unspecified atom stereocenters. The number of thiazole rings is 1. The van der Waals surface area contributed by atoms with Gasteiger partial charge in [0.2, 0.25) is 5.13 Å². The zero-order valence-electron chi connectivity index (χ0n) is 9.17. The van der Waals surface area contributed by atoms with E-state index in [-0.39, 0.29) is 0 Å². The molecule has 0 radical (unpaired) electrons. The molecule has 0 aliphatic rings. The maximum Gasteiger partial charge on any atom is 0.203 e. The first-order valence-corrected chi connectivity index (χ1v) is 6.47. The predicted molar refractivity (Wildman–Crippen MR) is 67.7 cm³/mol. The number of anilines is 1. The fourth-order valence-electron chi connectivity index (χ4n) is 1.18. The van der Waals surface area contributed by atoms with E-state index in [0.29, 0.717) is 5.13 Å². The van der Waals surface area contributed by atoms with Gasteiger partial charge in [0.15, 0.2) is 5.01 Å². The Morgan fingerprint density at radius 3 is 2.75 bits per heavy atom. The van der Waals surface area contributed by atoms with E-state index in [0.717, 1.165) is 27.9 Å². The molecular weight excluding hydrogens is 242 g/mol. The molecule has 16 heavy (non-hydrogen) atoms. The second kappa shape index (κ2) is 4.86. The number of rotatable bonds is 4. The van der Waals surface area contributed by atoms with Crippen molar-refractivity contribution in [1.29, 1.82) is 0 Å². The number of nitrogens with zero attached hydrogens (tertiary/aromatic N) is 4. The summed E-state index contributed by atoms with van der Waals surface area (Å²) in [5.74, 6) is 0. The summed E-state index contributed by atoms with van der Waals surface area (Å²) in [6, 6.07) is 0. The van der Waals surface area contributed by atoms with Crippen molar-refractivity contribution in [2.75, 3.05) is 26.4 Å². The Balaban J connectivity index is 2.07. The Hall–Kier alpha value is -1.05. The van der Waals surface area contributed by atoms with E-state index in [1.54, 1.807) is 11.3 Å². The van der Waals surface area contributed by atoms with Gasteiger partial charge < -0.3 is 10.6 Å². The Morgan fingerprint density at radius 2 is 2.12 bits per heavy atom. The van der Waals surface area contributed by atoms with E-state index in [2.05, 4.69) is 34.2 Å². The Morgan fingerprint density at radius 1 is 1.31 bits per heavy atom. The highest BCUT2D eigenvalue weighted by Crippen LogP contribution is 2.29. The van der Waals surface area contributed by atoms with Gasteiger partial charge in [-0.2, -0.15) is 0 Å². The molecule has 0 aliphatic heterocycles. The summed E-state index contributed by atoms with van der Waals surface area (Å²) in [6.07, 6.45) is 2.81. The lowest BCUT2D eigenvalue weighted by Gasteiger charge is -2.06. The first-order valence-electron chi connectivity index (χ1n) is 4.84. The average Bonchev–Trinajstić information content (AvgIpc) is 2.83. The number of nitrogens with two attached hydrogens (primary N) is 1. The van der Waals surface area contributed by atoms with Crippen LogP contribution in [0.5, 0.6) is 0 Å². The highest BCUT2D eigenvalue weighted by molar-refractivity contribution is 7.23. The van der Waals surface area contributed by atoms with Crippen LogP contribution in [0.4, 0.5) is 5.13 Å². The molecule has 0 saturated heterocycles. The molecule has 5 nitrogen and oxygen atoms in total. The van der Waals surface area contributed by atoms with Gasteiger partial charge in [0.1, 0.15) is 0 Å². The molecule has 2 aromatic heterocycles. The van der Waals surface area contributed by atoms with Gasteiger partial charge in [-0.05, 0) is 14.1 Å². The molecule has 86 valence electrons. The van der Waals surface area contributed by atoms with E-state index < -0.39 is 0 Å². The summed E-state index contributed by atoms with van der Waals surface area (Å²) >= 11 is 3.05. The van der Waals surface area contributed by atoms with Gasteiger partial charge in [-0.1, -0.05) is 11.3 Å². The summed E-state index contributed by atoms with van der Waals surface area (Å²) < 4.78 is 0. The van der Waals surface area contributed by atoms with Crippen molar-refractivity contribution < 1.29 is 0 Å². The third-order valence-corrected chi connectivity index (χ3v) is 3.96. The van der Waals surface area contributed by atoms with Crippen LogP contribution in [0.25, 0.3) is 9.88 Å². The highest BCUT2D eigenvalue weighted by atomic mass is 32.1. The summed E-state index contributed by atoms with van der Waals surface area (Å²) in [7, 11) is 4.11. The van der Waals surface area contributed by atoms with Gasteiger partial charge in [-0.15, -0.1) is 21.5 Å². The van der Waals surface area contributed by atoms with Gasteiger partial charge >= 0.3 is 0 Å². The smallest absolute Gasteiger partial charge is 0.203 e. The second-order valence-corrected chi connectivity index (χ2v) is 5.74. The zero-order valence-corrected chi connectivity index (χ0v) is 10.8. The van der Waals surface area contributed by atoms with Gasteiger partial charge in [0, 0.05) is 19.2 Å². The van der Waals surface area contributed by atoms with Crippen LogP contribution in [0.3, 0.4) is 0 Å². The fraction of sp³-hybridized carbons (Fsp3) is 0.444. The number of aromatic nitrogens is 3. The van der Waals surface area contributed by atoms with E-state index >= 15 is 0 Å². The molecule has 2 N–H and O–H groups in total. The molecule has 0 fully saturated rings. The van der Waals surface area contributed by atoms with E-state index in [1.165, 1.54) is 11.3 Å². The van der Waals surface area contributed by atoms with Gasteiger partial charge in [0.25, 0.3) is 0 Å². The largest absolute Gasteiger partial charge is 0.374 e. The molecule has 0 aliphatic carbocycles.